The van der Waals surface area contributed by atoms with Crippen molar-refractivity contribution in [1.29, 1.82) is 0 Å². The molecule has 22 heavy (non-hydrogen) atoms. The highest BCUT2D eigenvalue weighted by molar-refractivity contribution is 5.68. The summed E-state index contributed by atoms with van der Waals surface area (Å²) >= 11 is 0. The molecule has 0 atom stereocenters. The number of hydrogen-bond donors (Lipinski definition) is 0. The van der Waals surface area contributed by atoms with Crippen molar-refractivity contribution in [2.24, 2.45) is 5.92 Å². The van der Waals surface area contributed by atoms with E-state index < -0.39 is 5.60 Å². The van der Waals surface area contributed by atoms with Gasteiger partial charge in [0, 0.05) is 13.1 Å². The Morgan fingerprint density at radius 2 is 1.95 bits per heavy atom. The number of aryl methyl sites for hydroxylation is 1. The minimum absolute atomic E-state index is 0.116. The van der Waals surface area contributed by atoms with E-state index in [1.165, 1.54) is 0 Å². The quantitative estimate of drug-likeness (QED) is 0.814. The van der Waals surface area contributed by atoms with E-state index in [2.05, 4.69) is 0 Å². The van der Waals surface area contributed by atoms with Crippen molar-refractivity contribution in [2.45, 2.75) is 52.6 Å². The number of piperidine rings is 1. The number of amides is 1. The number of likely N-dealkylation sites (tertiary alicyclic amines) is 1. The van der Waals surface area contributed by atoms with E-state index in [0.29, 0.717) is 19.0 Å². The van der Waals surface area contributed by atoms with Crippen LogP contribution in [0, 0.1) is 18.7 Å². The number of carbonyl (C=O) groups excluding carboxylic acids is 1. The third-order valence-electron chi connectivity index (χ3n) is 3.98. The third-order valence-corrected chi connectivity index (χ3v) is 3.98. The number of hydrogen-bond acceptors (Lipinski definition) is 2. The van der Waals surface area contributed by atoms with Crippen molar-refractivity contribution < 1.29 is 13.9 Å². The van der Waals surface area contributed by atoms with Gasteiger partial charge < -0.3 is 9.64 Å². The standard InChI is InChI=1S/C18H26FNO2/c1-13-5-6-15(16(19)11-13)12-14-7-9-20(10-8-14)17(21)22-18(2,3)4/h5-6,11,14H,7-10,12H2,1-4H3. The van der Waals surface area contributed by atoms with E-state index in [4.69, 9.17) is 4.74 Å². The minimum atomic E-state index is -0.459. The lowest BCUT2D eigenvalue weighted by Crippen LogP contribution is -2.42. The largest absolute Gasteiger partial charge is 0.444 e. The Bertz CT molecular complexity index is 528. The van der Waals surface area contributed by atoms with E-state index in [1.54, 1.807) is 11.0 Å². The summed E-state index contributed by atoms with van der Waals surface area (Å²) in [4.78, 5) is 13.8. The molecule has 3 nitrogen and oxygen atoms in total. The van der Waals surface area contributed by atoms with Crippen LogP contribution in [0.3, 0.4) is 0 Å². The van der Waals surface area contributed by atoms with Crippen molar-refractivity contribution >= 4 is 6.09 Å². The SMILES string of the molecule is Cc1ccc(CC2CCN(C(=O)OC(C)(C)C)CC2)c(F)c1. The zero-order valence-electron chi connectivity index (χ0n) is 14.0. The van der Waals surface area contributed by atoms with Gasteiger partial charge in [0.05, 0.1) is 0 Å². The molecule has 0 bridgehead atoms. The lowest BCUT2D eigenvalue weighted by molar-refractivity contribution is 0.0184. The Morgan fingerprint density at radius 1 is 1.32 bits per heavy atom. The smallest absolute Gasteiger partial charge is 0.410 e. The average Bonchev–Trinajstić information content (AvgIpc) is 2.41. The van der Waals surface area contributed by atoms with Gasteiger partial charge in [0.1, 0.15) is 11.4 Å². The summed E-state index contributed by atoms with van der Waals surface area (Å²) in [7, 11) is 0. The maximum atomic E-state index is 13.9. The first kappa shape index (κ1) is 16.8. The second-order valence-corrected chi connectivity index (χ2v) is 7.21. The number of nitrogens with zero attached hydrogens (tertiary/aromatic N) is 1. The van der Waals surface area contributed by atoms with Crippen LogP contribution < -0.4 is 0 Å². The summed E-state index contributed by atoms with van der Waals surface area (Å²) in [6.07, 6.45) is 2.29. The predicted molar refractivity (Wildman–Crippen MR) is 85.4 cm³/mol. The minimum Gasteiger partial charge on any atom is -0.444 e. The molecule has 1 heterocycles. The van der Waals surface area contributed by atoms with Gasteiger partial charge in [-0.25, -0.2) is 9.18 Å². The fourth-order valence-corrected chi connectivity index (χ4v) is 2.78. The van der Waals surface area contributed by atoms with Crippen LogP contribution in [-0.2, 0) is 11.2 Å². The lowest BCUT2D eigenvalue weighted by atomic mass is 9.90. The number of carbonyl (C=O) groups is 1. The van der Waals surface area contributed by atoms with E-state index in [0.717, 1.165) is 30.4 Å². The molecule has 0 N–H and O–H groups in total. The van der Waals surface area contributed by atoms with Gasteiger partial charge in [-0.15, -0.1) is 0 Å². The molecule has 1 aliphatic heterocycles. The molecular weight excluding hydrogens is 281 g/mol. The van der Waals surface area contributed by atoms with Gasteiger partial charge in [0.15, 0.2) is 0 Å². The number of ether oxygens (including phenoxy) is 1. The van der Waals surface area contributed by atoms with Crippen LogP contribution in [-0.4, -0.2) is 29.7 Å². The zero-order valence-corrected chi connectivity index (χ0v) is 14.0. The first-order chi connectivity index (χ1) is 10.2. The monoisotopic (exact) mass is 307 g/mol. The first-order valence-corrected chi connectivity index (χ1v) is 7.97. The van der Waals surface area contributed by atoms with Gasteiger partial charge in [-0.3, -0.25) is 0 Å². The number of benzene rings is 1. The molecule has 1 fully saturated rings. The molecule has 1 aromatic carbocycles. The fourth-order valence-electron chi connectivity index (χ4n) is 2.78. The normalized spacial score (nSPS) is 16.7. The summed E-state index contributed by atoms with van der Waals surface area (Å²) in [6, 6.07) is 5.42. The first-order valence-electron chi connectivity index (χ1n) is 7.97. The van der Waals surface area contributed by atoms with Gasteiger partial charge >= 0.3 is 6.09 Å². The van der Waals surface area contributed by atoms with Crippen LogP contribution in [0.5, 0.6) is 0 Å². The molecule has 1 saturated heterocycles. The van der Waals surface area contributed by atoms with E-state index in [9.17, 15) is 9.18 Å². The molecule has 1 aliphatic rings. The van der Waals surface area contributed by atoms with Crippen LogP contribution in [0.15, 0.2) is 18.2 Å². The van der Waals surface area contributed by atoms with Gasteiger partial charge in [-0.05, 0) is 70.1 Å². The van der Waals surface area contributed by atoms with Crippen LogP contribution in [0.25, 0.3) is 0 Å². The third kappa shape index (κ3) is 4.72. The van der Waals surface area contributed by atoms with Crippen molar-refractivity contribution in [3.63, 3.8) is 0 Å². The summed E-state index contributed by atoms with van der Waals surface area (Å²) in [5.41, 5.74) is 1.26. The fraction of sp³-hybridized carbons (Fsp3) is 0.611. The molecule has 0 saturated carbocycles. The highest BCUT2D eigenvalue weighted by atomic mass is 19.1. The summed E-state index contributed by atoms with van der Waals surface area (Å²) in [5, 5.41) is 0. The maximum absolute atomic E-state index is 13.9. The molecule has 0 unspecified atom stereocenters. The van der Waals surface area contributed by atoms with Gasteiger partial charge in [0.25, 0.3) is 0 Å². The zero-order chi connectivity index (χ0) is 16.3. The molecule has 2 rings (SSSR count). The van der Waals surface area contributed by atoms with Gasteiger partial charge in [-0.1, -0.05) is 12.1 Å². The molecule has 4 heteroatoms. The summed E-state index contributed by atoms with van der Waals surface area (Å²) in [5.74, 6) is 0.311. The van der Waals surface area contributed by atoms with E-state index in [-0.39, 0.29) is 11.9 Å². The van der Waals surface area contributed by atoms with E-state index >= 15 is 0 Å². The highest BCUT2D eigenvalue weighted by Crippen LogP contribution is 2.24. The second-order valence-electron chi connectivity index (χ2n) is 7.21. The lowest BCUT2D eigenvalue weighted by Gasteiger charge is -2.33. The van der Waals surface area contributed by atoms with Gasteiger partial charge in [0.2, 0.25) is 0 Å². The second kappa shape index (κ2) is 6.67. The Labute approximate surface area is 132 Å². The number of rotatable bonds is 2. The Balaban J connectivity index is 1.86. The molecule has 0 aromatic heterocycles. The Hall–Kier alpha value is -1.58. The van der Waals surface area contributed by atoms with Crippen molar-refractivity contribution in [3.05, 3.63) is 35.1 Å². The molecule has 1 amide bonds. The van der Waals surface area contributed by atoms with Crippen molar-refractivity contribution in [1.82, 2.24) is 4.90 Å². The highest BCUT2D eigenvalue weighted by Gasteiger charge is 2.27. The number of halogens is 1. The topological polar surface area (TPSA) is 29.5 Å². The van der Waals surface area contributed by atoms with Crippen LogP contribution in [0.2, 0.25) is 0 Å². The van der Waals surface area contributed by atoms with E-state index in [1.807, 2.05) is 39.8 Å². The Morgan fingerprint density at radius 3 is 2.50 bits per heavy atom. The van der Waals surface area contributed by atoms with Gasteiger partial charge in [-0.2, -0.15) is 0 Å². The predicted octanol–water partition coefficient (Wildman–Crippen LogP) is 4.32. The molecule has 0 spiro atoms. The van der Waals surface area contributed by atoms with Crippen molar-refractivity contribution in [2.75, 3.05) is 13.1 Å². The molecular formula is C18H26FNO2. The summed E-state index contributed by atoms with van der Waals surface area (Å²) in [6.45, 7) is 8.89. The molecule has 0 radical (unpaired) electrons. The molecule has 0 aliphatic carbocycles. The van der Waals surface area contributed by atoms with Crippen LogP contribution >= 0.6 is 0 Å². The maximum Gasteiger partial charge on any atom is 0.410 e. The average molecular weight is 307 g/mol. The van der Waals surface area contributed by atoms with Crippen LogP contribution in [0.1, 0.15) is 44.7 Å². The van der Waals surface area contributed by atoms with Crippen molar-refractivity contribution in [3.8, 4) is 0 Å². The Kier molecular flexibility index (Phi) is 5.09. The van der Waals surface area contributed by atoms with Crippen LogP contribution in [0.4, 0.5) is 9.18 Å². The molecule has 1 aromatic rings. The summed E-state index contributed by atoms with van der Waals surface area (Å²) < 4.78 is 19.3. The molecule has 122 valence electrons.